The van der Waals surface area contributed by atoms with Gasteiger partial charge in [-0.05, 0) is 6.92 Å². The molecule has 84 valence electrons. The van der Waals surface area contributed by atoms with Crippen LogP contribution in [-0.4, -0.2) is 47.4 Å². The number of nitrogens with one attached hydrogen (secondary N) is 1. The van der Waals surface area contributed by atoms with Crippen molar-refractivity contribution in [3.05, 3.63) is 12.0 Å². The van der Waals surface area contributed by atoms with Gasteiger partial charge in [-0.15, -0.1) is 0 Å². The van der Waals surface area contributed by atoms with E-state index in [2.05, 4.69) is 9.97 Å². The van der Waals surface area contributed by atoms with Crippen molar-refractivity contribution in [2.45, 2.75) is 11.9 Å². The highest BCUT2D eigenvalue weighted by molar-refractivity contribution is 7.89. The predicted molar refractivity (Wildman–Crippen MR) is 50.8 cm³/mol. The van der Waals surface area contributed by atoms with Gasteiger partial charge in [-0.3, -0.25) is 4.79 Å². The highest BCUT2D eigenvalue weighted by Crippen LogP contribution is 2.10. The SMILES string of the molecule is Cc1ncc(S(=O)(=O)N(C)CC(=O)O)[nH]1. The number of imidazole rings is 1. The Morgan fingerprint density at radius 1 is 1.67 bits per heavy atom. The van der Waals surface area contributed by atoms with Gasteiger partial charge in [0.05, 0.1) is 6.20 Å². The van der Waals surface area contributed by atoms with E-state index in [0.29, 0.717) is 5.82 Å². The topological polar surface area (TPSA) is 103 Å². The first-order valence-electron chi connectivity index (χ1n) is 4.04. The van der Waals surface area contributed by atoms with E-state index >= 15 is 0 Å². The molecule has 0 saturated heterocycles. The summed E-state index contributed by atoms with van der Waals surface area (Å²) in [6.45, 7) is 1.02. The molecule has 0 aliphatic heterocycles. The van der Waals surface area contributed by atoms with Crippen LogP contribution in [0.1, 0.15) is 5.82 Å². The summed E-state index contributed by atoms with van der Waals surface area (Å²) in [6, 6.07) is 0. The molecule has 0 bridgehead atoms. The molecule has 1 aromatic rings. The Hall–Kier alpha value is -1.41. The molecule has 0 saturated carbocycles. The number of hydrogen-bond acceptors (Lipinski definition) is 4. The highest BCUT2D eigenvalue weighted by Gasteiger charge is 2.24. The number of aromatic amines is 1. The predicted octanol–water partition coefficient (Wildman–Crippen LogP) is -0.577. The molecular weight excluding hydrogens is 222 g/mol. The number of sulfonamides is 1. The lowest BCUT2D eigenvalue weighted by molar-refractivity contribution is -0.137. The number of carbonyl (C=O) groups is 1. The second-order valence-corrected chi connectivity index (χ2v) is 5.00. The fourth-order valence-corrected chi connectivity index (χ4v) is 2.05. The van der Waals surface area contributed by atoms with Crippen LogP contribution < -0.4 is 0 Å². The van der Waals surface area contributed by atoms with Crippen LogP contribution in [0.2, 0.25) is 0 Å². The third-order valence-corrected chi connectivity index (χ3v) is 3.44. The number of aryl methyl sites for hydroxylation is 1. The summed E-state index contributed by atoms with van der Waals surface area (Å²) in [5, 5.41) is 8.36. The third-order valence-electron chi connectivity index (χ3n) is 1.73. The summed E-state index contributed by atoms with van der Waals surface area (Å²) in [5.41, 5.74) is 0. The molecule has 8 heteroatoms. The van der Waals surface area contributed by atoms with Gasteiger partial charge in [-0.1, -0.05) is 0 Å². The monoisotopic (exact) mass is 233 g/mol. The van der Waals surface area contributed by atoms with Crippen LogP contribution in [0.5, 0.6) is 0 Å². The van der Waals surface area contributed by atoms with Crippen molar-refractivity contribution in [2.24, 2.45) is 0 Å². The van der Waals surface area contributed by atoms with Gasteiger partial charge in [0.2, 0.25) is 0 Å². The quantitative estimate of drug-likeness (QED) is 0.724. The Kier molecular flexibility index (Phi) is 3.10. The van der Waals surface area contributed by atoms with Crippen molar-refractivity contribution in [2.75, 3.05) is 13.6 Å². The molecule has 7 nitrogen and oxygen atoms in total. The minimum atomic E-state index is -3.78. The number of H-pyrrole nitrogens is 1. The van der Waals surface area contributed by atoms with Crippen molar-refractivity contribution in [1.29, 1.82) is 0 Å². The van der Waals surface area contributed by atoms with E-state index in [4.69, 9.17) is 5.11 Å². The fraction of sp³-hybridized carbons (Fsp3) is 0.429. The molecule has 0 amide bonds. The maximum Gasteiger partial charge on any atom is 0.318 e. The second-order valence-electron chi connectivity index (χ2n) is 2.99. The molecule has 0 radical (unpaired) electrons. The number of rotatable bonds is 4. The number of hydrogen-bond donors (Lipinski definition) is 2. The van der Waals surface area contributed by atoms with Gasteiger partial charge in [-0.25, -0.2) is 13.4 Å². The zero-order valence-electron chi connectivity index (χ0n) is 8.26. The van der Waals surface area contributed by atoms with Crippen LogP contribution in [0.15, 0.2) is 11.2 Å². The van der Waals surface area contributed by atoms with Crippen LogP contribution in [0.4, 0.5) is 0 Å². The second kappa shape index (κ2) is 3.99. The fourth-order valence-electron chi connectivity index (χ4n) is 0.973. The Morgan fingerprint density at radius 2 is 2.27 bits per heavy atom. The first kappa shape index (κ1) is 11.7. The summed E-state index contributed by atoms with van der Waals surface area (Å²) in [4.78, 5) is 16.6. The molecule has 0 aromatic carbocycles. The molecule has 0 aliphatic rings. The van der Waals surface area contributed by atoms with E-state index in [1.54, 1.807) is 6.92 Å². The Labute approximate surface area is 86.8 Å². The minimum Gasteiger partial charge on any atom is -0.480 e. The first-order chi connectivity index (χ1) is 6.84. The number of carboxylic acid groups (broad SMARTS) is 1. The van der Waals surface area contributed by atoms with E-state index in [-0.39, 0.29) is 5.03 Å². The molecule has 15 heavy (non-hydrogen) atoms. The molecule has 1 aromatic heterocycles. The largest absolute Gasteiger partial charge is 0.480 e. The van der Waals surface area contributed by atoms with E-state index in [9.17, 15) is 13.2 Å². The first-order valence-corrected chi connectivity index (χ1v) is 5.48. The zero-order valence-corrected chi connectivity index (χ0v) is 9.08. The van der Waals surface area contributed by atoms with Crippen molar-refractivity contribution in [1.82, 2.24) is 14.3 Å². The average Bonchev–Trinajstić information content (AvgIpc) is 2.50. The molecular formula is C7H11N3O4S. The lowest BCUT2D eigenvalue weighted by Crippen LogP contribution is -2.32. The molecule has 1 rings (SSSR count). The standard InChI is InChI=1S/C7H11N3O4S/c1-5-8-3-6(9-5)15(13,14)10(2)4-7(11)12/h3H,4H2,1-2H3,(H,8,9)(H,11,12). The molecule has 2 N–H and O–H groups in total. The summed E-state index contributed by atoms with van der Waals surface area (Å²) < 4.78 is 24.1. The van der Waals surface area contributed by atoms with Crippen molar-refractivity contribution >= 4 is 16.0 Å². The van der Waals surface area contributed by atoms with Crippen molar-refractivity contribution < 1.29 is 18.3 Å². The average molecular weight is 233 g/mol. The maximum absolute atomic E-state index is 11.7. The van der Waals surface area contributed by atoms with Crippen LogP contribution in [0.3, 0.4) is 0 Å². The van der Waals surface area contributed by atoms with Gasteiger partial charge in [0.25, 0.3) is 10.0 Å². The van der Waals surface area contributed by atoms with Crippen LogP contribution in [-0.2, 0) is 14.8 Å². The summed E-state index contributed by atoms with van der Waals surface area (Å²) >= 11 is 0. The molecule has 1 heterocycles. The molecule has 0 atom stereocenters. The molecule has 0 fully saturated rings. The number of carboxylic acids is 1. The van der Waals surface area contributed by atoms with Crippen LogP contribution >= 0.6 is 0 Å². The maximum atomic E-state index is 11.7. The number of likely N-dealkylation sites (N-methyl/N-ethyl adjacent to an activating group) is 1. The Bertz CT molecular complexity index is 464. The van der Waals surface area contributed by atoms with Gasteiger partial charge >= 0.3 is 5.97 Å². The summed E-state index contributed by atoms with van der Waals surface area (Å²) in [6.07, 6.45) is 1.16. The lowest BCUT2D eigenvalue weighted by atomic mass is 10.7. The Morgan fingerprint density at radius 3 is 2.67 bits per heavy atom. The lowest BCUT2D eigenvalue weighted by Gasteiger charge is -2.12. The van der Waals surface area contributed by atoms with Gasteiger partial charge in [-0.2, -0.15) is 4.31 Å². The summed E-state index contributed by atoms with van der Waals surface area (Å²) in [7, 11) is -2.58. The zero-order chi connectivity index (χ0) is 11.6. The smallest absolute Gasteiger partial charge is 0.318 e. The summed E-state index contributed by atoms with van der Waals surface area (Å²) in [5.74, 6) is -0.755. The van der Waals surface area contributed by atoms with Gasteiger partial charge < -0.3 is 10.1 Å². The van der Waals surface area contributed by atoms with Gasteiger partial charge in [0.1, 0.15) is 12.4 Å². The number of aromatic nitrogens is 2. The van der Waals surface area contributed by atoms with Gasteiger partial charge in [0.15, 0.2) is 5.03 Å². The van der Waals surface area contributed by atoms with E-state index < -0.39 is 22.5 Å². The normalized spacial score (nSPS) is 11.9. The van der Waals surface area contributed by atoms with Crippen molar-refractivity contribution in [3.63, 3.8) is 0 Å². The Balaban J connectivity index is 2.98. The molecule has 0 aliphatic carbocycles. The number of aliphatic carboxylic acids is 1. The van der Waals surface area contributed by atoms with Gasteiger partial charge in [0, 0.05) is 7.05 Å². The van der Waals surface area contributed by atoms with Crippen LogP contribution in [0.25, 0.3) is 0 Å². The third kappa shape index (κ3) is 2.54. The molecule has 0 unspecified atom stereocenters. The van der Waals surface area contributed by atoms with E-state index in [1.807, 2.05) is 0 Å². The minimum absolute atomic E-state index is 0.108. The van der Waals surface area contributed by atoms with E-state index in [0.717, 1.165) is 10.5 Å². The van der Waals surface area contributed by atoms with E-state index in [1.165, 1.54) is 7.05 Å². The highest BCUT2D eigenvalue weighted by atomic mass is 32.2. The number of nitrogens with zero attached hydrogens (tertiary/aromatic N) is 2. The van der Waals surface area contributed by atoms with Crippen molar-refractivity contribution in [3.8, 4) is 0 Å². The molecule has 0 spiro atoms. The van der Waals surface area contributed by atoms with Crippen LogP contribution in [0, 0.1) is 6.92 Å².